The Morgan fingerprint density at radius 1 is 1.31 bits per heavy atom. The molecular formula is C18H23FN4O3. The van der Waals surface area contributed by atoms with E-state index < -0.39 is 17.1 Å². The first-order valence-corrected chi connectivity index (χ1v) is 9.05. The first kappa shape index (κ1) is 17.1. The average Bonchev–Trinajstić information content (AvgIpc) is 3.03. The summed E-state index contributed by atoms with van der Waals surface area (Å²) in [7, 11) is 0. The van der Waals surface area contributed by atoms with E-state index in [0.29, 0.717) is 34.5 Å². The molecule has 1 saturated heterocycles. The molecule has 2 fully saturated rings. The third-order valence-corrected chi connectivity index (χ3v) is 5.87. The lowest BCUT2D eigenvalue weighted by molar-refractivity contribution is 0.238. The minimum atomic E-state index is -0.677. The molecule has 7 nitrogen and oxygen atoms in total. The van der Waals surface area contributed by atoms with Crippen molar-refractivity contribution in [3.63, 3.8) is 0 Å². The van der Waals surface area contributed by atoms with Gasteiger partial charge in [-0.1, -0.05) is 0 Å². The molecule has 1 aromatic carbocycles. The predicted molar refractivity (Wildman–Crippen MR) is 97.6 cm³/mol. The number of aliphatic hydroxyl groups is 1. The Kier molecular flexibility index (Phi) is 4.02. The first-order valence-electron chi connectivity index (χ1n) is 9.05. The van der Waals surface area contributed by atoms with E-state index in [4.69, 9.17) is 5.84 Å². The fourth-order valence-corrected chi connectivity index (χ4v) is 4.22. The highest BCUT2D eigenvalue weighted by Gasteiger charge is 2.30. The maximum atomic E-state index is 14.9. The molecule has 0 amide bonds. The summed E-state index contributed by atoms with van der Waals surface area (Å²) in [6.45, 7) is 3.01. The van der Waals surface area contributed by atoms with E-state index >= 15 is 0 Å². The Hall–Kier alpha value is -2.35. The molecule has 1 aliphatic carbocycles. The van der Waals surface area contributed by atoms with E-state index in [1.807, 2.05) is 4.90 Å². The summed E-state index contributed by atoms with van der Waals surface area (Å²) < 4.78 is 17.1. The number of benzene rings is 1. The van der Waals surface area contributed by atoms with Crippen molar-refractivity contribution in [3.8, 4) is 0 Å². The summed E-state index contributed by atoms with van der Waals surface area (Å²) in [5.41, 5.74) is 0.247. The molecule has 1 unspecified atom stereocenters. The van der Waals surface area contributed by atoms with Crippen molar-refractivity contribution in [2.75, 3.05) is 30.4 Å². The van der Waals surface area contributed by atoms with Gasteiger partial charge in [0.2, 0.25) is 0 Å². The van der Waals surface area contributed by atoms with Gasteiger partial charge >= 0.3 is 5.69 Å². The number of aromatic nitrogens is 2. The van der Waals surface area contributed by atoms with Crippen molar-refractivity contribution >= 4 is 16.6 Å². The number of hydrogen-bond acceptors (Lipinski definition) is 5. The van der Waals surface area contributed by atoms with E-state index in [2.05, 4.69) is 0 Å². The van der Waals surface area contributed by atoms with Crippen LogP contribution in [0.15, 0.2) is 15.7 Å². The van der Waals surface area contributed by atoms with Gasteiger partial charge in [-0.2, -0.15) is 4.68 Å². The van der Waals surface area contributed by atoms with Crippen LogP contribution < -0.4 is 22.0 Å². The van der Waals surface area contributed by atoms with Crippen molar-refractivity contribution in [1.82, 2.24) is 9.24 Å². The van der Waals surface area contributed by atoms with Crippen LogP contribution in [-0.4, -0.2) is 34.0 Å². The Morgan fingerprint density at radius 3 is 2.62 bits per heavy atom. The molecule has 0 spiro atoms. The molecule has 0 radical (unpaired) electrons. The van der Waals surface area contributed by atoms with Gasteiger partial charge in [0.15, 0.2) is 0 Å². The van der Waals surface area contributed by atoms with Crippen molar-refractivity contribution in [2.24, 2.45) is 5.92 Å². The number of nitrogens with zero attached hydrogens (tertiary/aromatic N) is 3. The average molecular weight is 362 g/mol. The molecule has 2 aliphatic rings. The molecule has 3 N–H and O–H groups in total. The van der Waals surface area contributed by atoms with Gasteiger partial charge in [-0.3, -0.25) is 9.36 Å². The molecule has 0 bridgehead atoms. The van der Waals surface area contributed by atoms with Gasteiger partial charge in [-0.15, -0.1) is 0 Å². The van der Waals surface area contributed by atoms with Crippen LogP contribution in [-0.2, 0) is 0 Å². The van der Waals surface area contributed by atoms with Crippen molar-refractivity contribution < 1.29 is 9.50 Å². The van der Waals surface area contributed by atoms with Gasteiger partial charge in [0.25, 0.3) is 5.56 Å². The maximum absolute atomic E-state index is 14.9. The number of fused-ring (bicyclic) bond motifs is 1. The fraction of sp³-hybridized carbons (Fsp3) is 0.556. The largest absolute Gasteiger partial charge is 0.396 e. The highest BCUT2D eigenvalue weighted by atomic mass is 19.1. The summed E-state index contributed by atoms with van der Waals surface area (Å²) in [5.74, 6) is 5.28. The molecular weight excluding hydrogens is 339 g/mol. The van der Waals surface area contributed by atoms with Crippen LogP contribution in [0.5, 0.6) is 0 Å². The SMILES string of the molecule is Cc1c(N2CCC(CO)C2)c(F)cc2c(=O)n(N)c(=O)n(C3CCC3)c12. The number of halogens is 1. The zero-order chi connectivity index (χ0) is 18.6. The fourth-order valence-electron chi connectivity index (χ4n) is 4.22. The summed E-state index contributed by atoms with van der Waals surface area (Å²) in [5, 5.41) is 9.51. The highest BCUT2D eigenvalue weighted by Crippen LogP contribution is 2.37. The zero-order valence-electron chi connectivity index (χ0n) is 14.7. The number of nitrogen functional groups attached to an aromatic ring is 1. The van der Waals surface area contributed by atoms with Crippen LogP contribution in [0, 0.1) is 18.7 Å². The first-order chi connectivity index (χ1) is 12.4. The van der Waals surface area contributed by atoms with E-state index in [0.717, 1.165) is 25.7 Å². The van der Waals surface area contributed by atoms with Crippen molar-refractivity contribution in [1.29, 1.82) is 0 Å². The third-order valence-electron chi connectivity index (χ3n) is 5.87. The molecule has 26 heavy (non-hydrogen) atoms. The molecule has 8 heteroatoms. The molecule has 1 atom stereocenters. The maximum Gasteiger partial charge on any atom is 0.350 e. The Bertz CT molecular complexity index is 993. The van der Waals surface area contributed by atoms with Gasteiger partial charge in [0.1, 0.15) is 5.82 Å². The van der Waals surface area contributed by atoms with E-state index in [-0.39, 0.29) is 24.0 Å². The van der Waals surface area contributed by atoms with Gasteiger partial charge in [-0.05, 0) is 38.7 Å². The Balaban J connectivity index is 2.00. The summed E-state index contributed by atoms with van der Waals surface area (Å²) >= 11 is 0. The lowest BCUT2D eigenvalue weighted by Gasteiger charge is -2.31. The third kappa shape index (κ3) is 2.35. The molecule has 2 heterocycles. The second-order valence-corrected chi connectivity index (χ2v) is 7.42. The highest BCUT2D eigenvalue weighted by molar-refractivity contribution is 5.87. The van der Waals surface area contributed by atoms with Crippen LogP contribution in [0.25, 0.3) is 10.9 Å². The lowest BCUT2D eigenvalue weighted by Crippen LogP contribution is -2.47. The molecule has 1 saturated carbocycles. The van der Waals surface area contributed by atoms with Crippen molar-refractivity contribution in [2.45, 2.75) is 38.6 Å². The minimum Gasteiger partial charge on any atom is -0.396 e. The number of nitrogens with two attached hydrogens (primary N) is 1. The van der Waals surface area contributed by atoms with Crippen LogP contribution in [0.4, 0.5) is 10.1 Å². The molecule has 1 aliphatic heterocycles. The Morgan fingerprint density at radius 2 is 2.04 bits per heavy atom. The number of hydrogen-bond donors (Lipinski definition) is 2. The lowest BCUT2D eigenvalue weighted by atomic mass is 9.92. The topological polar surface area (TPSA) is 93.5 Å². The smallest absolute Gasteiger partial charge is 0.350 e. The monoisotopic (exact) mass is 362 g/mol. The van der Waals surface area contributed by atoms with E-state index in [9.17, 15) is 19.1 Å². The zero-order valence-corrected chi connectivity index (χ0v) is 14.7. The van der Waals surface area contributed by atoms with Crippen molar-refractivity contribution in [3.05, 3.63) is 38.3 Å². The number of aliphatic hydroxyl groups excluding tert-OH is 1. The van der Waals surface area contributed by atoms with Gasteiger partial charge in [0.05, 0.1) is 16.6 Å². The minimum absolute atomic E-state index is 0.0128. The standard InChI is InChI=1S/C18H23FN4O3/c1-10-15-13(7-14(19)16(10)21-6-5-11(8-21)9-24)17(25)23(20)18(26)22(15)12-3-2-4-12/h7,11-12,24H,2-6,8-9,20H2,1H3. The van der Waals surface area contributed by atoms with Crippen LogP contribution in [0.3, 0.4) is 0 Å². The van der Waals surface area contributed by atoms with Crippen LogP contribution >= 0.6 is 0 Å². The second kappa shape index (κ2) is 6.12. The van der Waals surface area contributed by atoms with Gasteiger partial charge in [-0.25, -0.2) is 9.18 Å². The van der Waals surface area contributed by atoms with Crippen LogP contribution in [0.1, 0.15) is 37.3 Å². The van der Waals surface area contributed by atoms with Crippen LogP contribution in [0.2, 0.25) is 0 Å². The van der Waals surface area contributed by atoms with E-state index in [1.54, 1.807) is 11.5 Å². The number of aryl methyl sites for hydroxylation is 1. The summed E-state index contributed by atoms with van der Waals surface area (Å²) in [4.78, 5) is 27.0. The number of rotatable bonds is 3. The normalized spacial score (nSPS) is 20.7. The van der Waals surface area contributed by atoms with Gasteiger partial charge < -0.3 is 15.8 Å². The molecule has 4 rings (SSSR count). The molecule has 140 valence electrons. The quantitative estimate of drug-likeness (QED) is 0.790. The van der Waals surface area contributed by atoms with E-state index in [1.165, 1.54) is 6.07 Å². The summed E-state index contributed by atoms with van der Waals surface area (Å²) in [6, 6.07) is 1.19. The number of anilines is 1. The second-order valence-electron chi connectivity index (χ2n) is 7.42. The predicted octanol–water partition coefficient (Wildman–Crippen LogP) is 0.868. The molecule has 2 aromatic rings. The van der Waals surface area contributed by atoms with Gasteiger partial charge in [0, 0.05) is 37.2 Å². The Labute approximate surface area is 149 Å². The summed E-state index contributed by atoms with van der Waals surface area (Å²) in [6.07, 6.45) is 3.48. The molecule has 1 aromatic heterocycles.